The van der Waals surface area contributed by atoms with Gasteiger partial charge in [-0.15, -0.1) is 22.1 Å². The van der Waals surface area contributed by atoms with Crippen molar-refractivity contribution in [1.29, 1.82) is 0 Å². The lowest BCUT2D eigenvalue weighted by Gasteiger charge is -2.13. The highest BCUT2D eigenvalue weighted by Gasteiger charge is 2.20. The van der Waals surface area contributed by atoms with Crippen molar-refractivity contribution in [1.82, 2.24) is 9.30 Å². The van der Waals surface area contributed by atoms with E-state index >= 15 is 0 Å². The number of likely N-dealkylation sites (tertiary alicyclic amines) is 1. The van der Waals surface area contributed by atoms with Crippen molar-refractivity contribution >= 4 is 34.8 Å². The van der Waals surface area contributed by atoms with E-state index in [0.29, 0.717) is 5.96 Å². The number of halogens is 2. The Morgan fingerprint density at radius 1 is 1.10 bits per heavy atom. The van der Waals surface area contributed by atoms with Gasteiger partial charge in [-0.05, 0) is 36.6 Å². The standard InChI is InChI=1S/C21H25N6.2BrH/c1-16-20(25(2)19-7-3-4-14-27(16)19)18-10-8-17(9-11-18)15-23-24-21(22)26-12-5-6-13-26;;/h3-4,7-11,14-15H,5-6,12-13H2,1-2H3,(H2,22,24);2*1H/q+1;;/p-1/b23-15+;;. The summed E-state index contributed by atoms with van der Waals surface area (Å²) in [4.78, 5) is 2.07. The lowest BCUT2D eigenvalue weighted by molar-refractivity contribution is -0.633. The molecule has 154 valence electrons. The number of nitrogens with zero attached hydrogens (tertiary/aromatic N) is 5. The van der Waals surface area contributed by atoms with Crippen LogP contribution in [0.3, 0.4) is 0 Å². The highest BCUT2D eigenvalue weighted by atomic mass is 79.9. The van der Waals surface area contributed by atoms with Crippen molar-refractivity contribution in [2.45, 2.75) is 19.8 Å². The molecule has 3 heterocycles. The predicted octanol–water partition coefficient (Wildman–Crippen LogP) is 0.0655. The summed E-state index contributed by atoms with van der Waals surface area (Å²) >= 11 is 0. The van der Waals surface area contributed by atoms with E-state index in [1.807, 2.05) is 0 Å². The number of rotatable bonds is 3. The summed E-state index contributed by atoms with van der Waals surface area (Å²) in [6, 6.07) is 14.6. The molecule has 1 aliphatic rings. The Morgan fingerprint density at radius 3 is 2.45 bits per heavy atom. The Labute approximate surface area is 192 Å². The highest BCUT2D eigenvalue weighted by molar-refractivity contribution is 8.93. The average molecular weight is 522 g/mol. The molecule has 1 aliphatic heterocycles. The number of imidazole rings is 1. The maximum Gasteiger partial charge on any atom is 0.286 e. The summed E-state index contributed by atoms with van der Waals surface area (Å²) in [5.41, 5.74) is 11.7. The molecule has 0 amide bonds. The molecular formula is C21H26Br2N6. The molecule has 1 saturated heterocycles. The SMILES string of the molecule is Br.Cc1c(-c2ccc(/C=N/N=C(\N)N3CCCC3)cc2)[n+](C)c2ccccn12.[Br-]. The van der Waals surface area contributed by atoms with Crippen LogP contribution in [0.2, 0.25) is 0 Å². The van der Waals surface area contributed by atoms with Crippen LogP contribution in [0.5, 0.6) is 0 Å². The first-order chi connectivity index (χ1) is 13.1. The van der Waals surface area contributed by atoms with Gasteiger partial charge in [0.15, 0.2) is 11.4 Å². The fourth-order valence-corrected chi connectivity index (χ4v) is 3.76. The molecule has 0 aliphatic carbocycles. The number of fused-ring (bicyclic) bond motifs is 1. The second kappa shape index (κ2) is 10.0. The van der Waals surface area contributed by atoms with E-state index in [4.69, 9.17) is 5.73 Å². The fraction of sp³-hybridized carbons (Fsp3) is 0.286. The maximum absolute atomic E-state index is 5.97. The quantitative estimate of drug-likeness (QED) is 0.229. The number of benzene rings is 1. The monoisotopic (exact) mass is 520 g/mol. The van der Waals surface area contributed by atoms with Crippen molar-refractivity contribution in [2.75, 3.05) is 13.1 Å². The summed E-state index contributed by atoms with van der Waals surface area (Å²) in [7, 11) is 2.10. The molecule has 0 spiro atoms. The van der Waals surface area contributed by atoms with E-state index in [1.54, 1.807) is 6.21 Å². The molecule has 0 radical (unpaired) electrons. The lowest BCUT2D eigenvalue weighted by Crippen LogP contribution is -3.00. The average Bonchev–Trinajstić information content (AvgIpc) is 3.31. The minimum absolute atomic E-state index is 0. The molecule has 29 heavy (non-hydrogen) atoms. The minimum Gasteiger partial charge on any atom is -1.00 e. The van der Waals surface area contributed by atoms with Gasteiger partial charge in [-0.25, -0.2) is 4.57 Å². The van der Waals surface area contributed by atoms with Gasteiger partial charge in [-0.2, -0.15) is 9.50 Å². The molecule has 0 bridgehead atoms. The molecule has 2 N–H and O–H groups in total. The van der Waals surface area contributed by atoms with Crippen molar-refractivity contribution < 1.29 is 21.5 Å². The zero-order valence-corrected chi connectivity index (χ0v) is 19.9. The van der Waals surface area contributed by atoms with Crippen LogP contribution in [0.4, 0.5) is 0 Å². The van der Waals surface area contributed by atoms with Gasteiger partial charge >= 0.3 is 0 Å². The summed E-state index contributed by atoms with van der Waals surface area (Å²) in [5.74, 6) is 0.503. The maximum atomic E-state index is 5.97. The first-order valence-electron chi connectivity index (χ1n) is 9.33. The van der Waals surface area contributed by atoms with Crippen molar-refractivity contribution in [3.8, 4) is 11.3 Å². The number of guanidine groups is 1. The zero-order valence-electron chi connectivity index (χ0n) is 16.6. The van der Waals surface area contributed by atoms with Crippen LogP contribution >= 0.6 is 17.0 Å². The van der Waals surface area contributed by atoms with E-state index in [0.717, 1.165) is 18.7 Å². The number of hydrogen-bond donors (Lipinski definition) is 1. The molecular weight excluding hydrogens is 496 g/mol. The van der Waals surface area contributed by atoms with Crippen LogP contribution in [0, 0.1) is 6.92 Å². The lowest BCUT2D eigenvalue weighted by atomic mass is 10.1. The van der Waals surface area contributed by atoms with Gasteiger partial charge < -0.3 is 27.6 Å². The summed E-state index contributed by atoms with van der Waals surface area (Å²) in [6.07, 6.45) is 6.19. The summed E-state index contributed by atoms with van der Waals surface area (Å²) in [5, 5.41) is 8.27. The molecule has 1 fully saturated rings. The van der Waals surface area contributed by atoms with Gasteiger partial charge in [0.05, 0.1) is 19.5 Å². The molecule has 4 rings (SSSR count). The second-order valence-corrected chi connectivity index (χ2v) is 6.94. The summed E-state index contributed by atoms with van der Waals surface area (Å²) < 4.78 is 4.43. The number of aromatic nitrogens is 2. The van der Waals surface area contributed by atoms with E-state index in [-0.39, 0.29) is 34.0 Å². The number of pyridine rings is 1. The third-order valence-electron chi connectivity index (χ3n) is 5.20. The Bertz CT molecular complexity index is 979. The van der Waals surface area contributed by atoms with Crippen LogP contribution in [-0.2, 0) is 7.05 Å². The second-order valence-electron chi connectivity index (χ2n) is 6.94. The van der Waals surface area contributed by atoms with Gasteiger partial charge in [0.25, 0.3) is 5.65 Å². The predicted molar refractivity (Wildman–Crippen MR) is 119 cm³/mol. The van der Waals surface area contributed by atoms with Crippen LogP contribution < -0.4 is 27.3 Å². The van der Waals surface area contributed by atoms with Crippen molar-refractivity contribution in [3.05, 3.63) is 59.9 Å². The van der Waals surface area contributed by atoms with E-state index in [9.17, 15) is 0 Å². The number of nitrogens with two attached hydrogens (primary N) is 1. The Balaban J connectivity index is 0.00000150. The Hall–Kier alpha value is -2.19. The fourth-order valence-electron chi connectivity index (χ4n) is 3.76. The third kappa shape index (κ3) is 4.70. The molecule has 0 atom stereocenters. The van der Waals surface area contributed by atoms with Crippen LogP contribution in [0.1, 0.15) is 24.1 Å². The van der Waals surface area contributed by atoms with Crippen molar-refractivity contribution in [3.63, 3.8) is 0 Å². The molecule has 0 saturated carbocycles. The first kappa shape index (κ1) is 23.1. The van der Waals surface area contributed by atoms with E-state index in [1.165, 1.54) is 35.4 Å². The van der Waals surface area contributed by atoms with E-state index in [2.05, 4.69) is 86.7 Å². The molecule has 6 nitrogen and oxygen atoms in total. The molecule has 8 heteroatoms. The number of aryl methyl sites for hydroxylation is 2. The van der Waals surface area contributed by atoms with Gasteiger partial charge in [0.2, 0.25) is 5.96 Å². The van der Waals surface area contributed by atoms with Gasteiger partial charge in [-0.1, -0.05) is 18.2 Å². The highest BCUT2D eigenvalue weighted by Crippen LogP contribution is 2.22. The van der Waals surface area contributed by atoms with Crippen LogP contribution in [0.15, 0.2) is 58.9 Å². The minimum atomic E-state index is 0. The third-order valence-corrected chi connectivity index (χ3v) is 5.20. The molecule has 0 unspecified atom stereocenters. The largest absolute Gasteiger partial charge is 1.00 e. The van der Waals surface area contributed by atoms with Gasteiger partial charge in [0.1, 0.15) is 0 Å². The van der Waals surface area contributed by atoms with Crippen LogP contribution in [0.25, 0.3) is 16.9 Å². The van der Waals surface area contributed by atoms with Crippen LogP contribution in [-0.4, -0.2) is 34.6 Å². The normalized spacial score (nSPS) is 14.3. The Morgan fingerprint density at radius 2 is 1.79 bits per heavy atom. The van der Waals surface area contributed by atoms with Gasteiger partial charge in [-0.3, -0.25) is 0 Å². The Kier molecular flexibility index (Phi) is 7.98. The number of hydrogen-bond acceptors (Lipinski definition) is 2. The molecule has 1 aromatic carbocycles. The molecule has 3 aromatic rings. The summed E-state index contributed by atoms with van der Waals surface area (Å²) in [6.45, 7) is 4.09. The smallest absolute Gasteiger partial charge is 0.286 e. The first-order valence-corrected chi connectivity index (χ1v) is 9.33. The van der Waals surface area contributed by atoms with E-state index < -0.39 is 0 Å². The van der Waals surface area contributed by atoms with Gasteiger partial charge in [0, 0.05) is 31.6 Å². The molecule has 2 aromatic heterocycles. The topological polar surface area (TPSA) is 62.3 Å². The zero-order chi connectivity index (χ0) is 18.8. The van der Waals surface area contributed by atoms with Crippen molar-refractivity contribution in [2.24, 2.45) is 23.0 Å².